The molecule has 4 heteroatoms. The van der Waals surface area contributed by atoms with Crippen molar-refractivity contribution in [3.63, 3.8) is 0 Å². The minimum Gasteiger partial charge on any atom is -0.233 e. The van der Waals surface area contributed by atoms with Crippen molar-refractivity contribution in [2.24, 2.45) is 0 Å². The molecule has 0 atom stereocenters. The van der Waals surface area contributed by atoms with Crippen LogP contribution in [0.2, 0.25) is 0 Å². The van der Waals surface area contributed by atoms with Gasteiger partial charge < -0.3 is 0 Å². The van der Waals surface area contributed by atoms with Gasteiger partial charge in [-0.15, -0.1) is 0 Å². The van der Waals surface area contributed by atoms with Gasteiger partial charge in [-0.2, -0.15) is 0 Å². The first-order chi connectivity index (χ1) is 25.6. The predicted molar refractivity (Wildman–Crippen MR) is 215 cm³/mol. The highest BCUT2D eigenvalue weighted by atomic mass is 14.9. The van der Waals surface area contributed by atoms with Crippen LogP contribution in [0.3, 0.4) is 0 Å². The van der Waals surface area contributed by atoms with E-state index in [2.05, 4.69) is 152 Å². The standard InChI is InChI=1S/C48H34N4/c1-31-24-32(2)50-47(49-31)37-20-13-19-35(25-37)38-26-39(44-29-36-18-9-10-21-41(36)42-22-11-12-23-43(42)44)28-40(27-38)48-51-45(33-14-5-3-6-15-33)30-46(52-48)34-16-7-4-8-17-34/h3-30H,1-2H3. The van der Waals surface area contributed by atoms with Crippen LogP contribution < -0.4 is 0 Å². The Morgan fingerprint density at radius 1 is 0.308 bits per heavy atom. The highest BCUT2D eigenvalue weighted by molar-refractivity contribution is 6.14. The van der Waals surface area contributed by atoms with Crippen LogP contribution in [0.4, 0.5) is 0 Å². The van der Waals surface area contributed by atoms with E-state index >= 15 is 0 Å². The first-order valence-electron chi connectivity index (χ1n) is 17.6. The van der Waals surface area contributed by atoms with Crippen molar-refractivity contribution >= 4 is 21.5 Å². The lowest BCUT2D eigenvalue weighted by molar-refractivity contribution is 1.06. The molecule has 52 heavy (non-hydrogen) atoms. The molecule has 0 aliphatic heterocycles. The van der Waals surface area contributed by atoms with Gasteiger partial charge in [0.1, 0.15) is 0 Å². The number of aromatic nitrogens is 4. The average molecular weight is 667 g/mol. The van der Waals surface area contributed by atoms with E-state index in [0.717, 1.165) is 73.1 Å². The predicted octanol–water partition coefficient (Wildman–Crippen LogP) is 12.2. The minimum atomic E-state index is 0.669. The summed E-state index contributed by atoms with van der Waals surface area (Å²) in [5, 5.41) is 4.87. The Balaban J connectivity index is 1.31. The van der Waals surface area contributed by atoms with Gasteiger partial charge in [-0.3, -0.25) is 0 Å². The van der Waals surface area contributed by atoms with E-state index in [-0.39, 0.29) is 0 Å². The monoisotopic (exact) mass is 666 g/mol. The van der Waals surface area contributed by atoms with Crippen molar-refractivity contribution in [2.45, 2.75) is 13.8 Å². The van der Waals surface area contributed by atoms with Crippen molar-refractivity contribution in [3.8, 4) is 67.5 Å². The molecule has 0 amide bonds. The largest absolute Gasteiger partial charge is 0.233 e. The summed E-state index contributed by atoms with van der Waals surface area (Å²) in [7, 11) is 0. The number of hydrogen-bond acceptors (Lipinski definition) is 4. The summed E-state index contributed by atoms with van der Waals surface area (Å²) in [6, 6.07) is 59.7. The molecule has 9 rings (SSSR count). The second-order valence-electron chi connectivity index (χ2n) is 13.2. The molecule has 2 aromatic heterocycles. The van der Waals surface area contributed by atoms with Gasteiger partial charge in [-0.25, -0.2) is 19.9 Å². The molecule has 0 aliphatic rings. The Morgan fingerprint density at radius 3 is 1.50 bits per heavy atom. The van der Waals surface area contributed by atoms with Gasteiger partial charge in [0.05, 0.1) is 11.4 Å². The molecular formula is C48H34N4. The Kier molecular flexibility index (Phi) is 7.90. The number of fused-ring (bicyclic) bond motifs is 3. The fraction of sp³-hybridized carbons (Fsp3) is 0.0417. The lowest BCUT2D eigenvalue weighted by atomic mass is 9.90. The highest BCUT2D eigenvalue weighted by Gasteiger charge is 2.16. The molecule has 0 bridgehead atoms. The van der Waals surface area contributed by atoms with Crippen LogP contribution in [-0.4, -0.2) is 19.9 Å². The molecule has 7 aromatic carbocycles. The van der Waals surface area contributed by atoms with Gasteiger partial charge in [0.25, 0.3) is 0 Å². The Labute approximate surface area is 303 Å². The number of benzene rings is 7. The van der Waals surface area contributed by atoms with Gasteiger partial charge in [0.2, 0.25) is 0 Å². The SMILES string of the molecule is Cc1cc(C)nc(-c2cccc(-c3cc(-c4nc(-c5ccccc5)cc(-c5ccccc5)n4)cc(-c4cc5ccccc5c5ccccc45)c3)c2)n1. The van der Waals surface area contributed by atoms with Gasteiger partial charge >= 0.3 is 0 Å². The topological polar surface area (TPSA) is 51.6 Å². The van der Waals surface area contributed by atoms with E-state index in [0.29, 0.717) is 5.82 Å². The second kappa shape index (κ2) is 13.2. The van der Waals surface area contributed by atoms with Crippen molar-refractivity contribution in [1.82, 2.24) is 19.9 Å². The van der Waals surface area contributed by atoms with E-state index in [1.807, 2.05) is 32.0 Å². The highest BCUT2D eigenvalue weighted by Crippen LogP contribution is 2.39. The smallest absolute Gasteiger partial charge is 0.160 e. The van der Waals surface area contributed by atoms with Crippen LogP contribution in [0.5, 0.6) is 0 Å². The number of rotatable bonds is 6. The van der Waals surface area contributed by atoms with Gasteiger partial charge in [0, 0.05) is 33.6 Å². The Hall–Kier alpha value is -6.78. The zero-order chi connectivity index (χ0) is 35.0. The first kappa shape index (κ1) is 31.2. The summed E-state index contributed by atoms with van der Waals surface area (Å²) < 4.78 is 0. The Morgan fingerprint density at radius 2 is 0.808 bits per heavy atom. The summed E-state index contributed by atoms with van der Waals surface area (Å²) in [4.78, 5) is 20.0. The lowest BCUT2D eigenvalue weighted by Crippen LogP contribution is -1.97. The molecule has 2 heterocycles. The average Bonchev–Trinajstić information content (AvgIpc) is 3.20. The quantitative estimate of drug-likeness (QED) is 0.166. The lowest BCUT2D eigenvalue weighted by Gasteiger charge is -2.15. The molecule has 9 aromatic rings. The van der Waals surface area contributed by atoms with Crippen LogP contribution in [0.15, 0.2) is 170 Å². The van der Waals surface area contributed by atoms with Crippen LogP contribution in [0.1, 0.15) is 11.4 Å². The molecule has 0 fully saturated rings. The van der Waals surface area contributed by atoms with Crippen molar-refractivity contribution in [1.29, 1.82) is 0 Å². The van der Waals surface area contributed by atoms with Crippen molar-refractivity contribution in [3.05, 3.63) is 181 Å². The molecule has 4 nitrogen and oxygen atoms in total. The maximum atomic E-state index is 5.23. The maximum Gasteiger partial charge on any atom is 0.160 e. The molecular weight excluding hydrogens is 633 g/mol. The number of hydrogen-bond donors (Lipinski definition) is 0. The van der Waals surface area contributed by atoms with Crippen molar-refractivity contribution < 1.29 is 0 Å². The third-order valence-corrected chi connectivity index (χ3v) is 9.57. The van der Waals surface area contributed by atoms with Gasteiger partial charge in [0.15, 0.2) is 11.6 Å². The van der Waals surface area contributed by atoms with Crippen molar-refractivity contribution in [2.75, 3.05) is 0 Å². The molecule has 0 N–H and O–H groups in total. The second-order valence-corrected chi connectivity index (χ2v) is 13.2. The van der Waals surface area contributed by atoms with E-state index in [1.54, 1.807) is 0 Å². The molecule has 0 spiro atoms. The third-order valence-electron chi connectivity index (χ3n) is 9.57. The summed E-state index contributed by atoms with van der Waals surface area (Å²) in [6.07, 6.45) is 0. The molecule has 0 aliphatic carbocycles. The van der Waals surface area contributed by atoms with Gasteiger partial charge in [-0.1, -0.05) is 127 Å². The zero-order valence-electron chi connectivity index (χ0n) is 29.0. The van der Waals surface area contributed by atoms with E-state index in [1.165, 1.54) is 21.5 Å². The fourth-order valence-corrected chi connectivity index (χ4v) is 7.15. The van der Waals surface area contributed by atoms with Crippen LogP contribution in [0, 0.1) is 13.8 Å². The summed E-state index contributed by atoms with van der Waals surface area (Å²) >= 11 is 0. The summed E-state index contributed by atoms with van der Waals surface area (Å²) in [5.74, 6) is 1.39. The maximum absolute atomic E-state index is 5.23. The van der Waals surface area contributed by atoms with Gasteiger partial charge in [-0.05, 0) is 100 Å². The van der Waals surface area contributed by atoms with Crippen LogP contribution >= 0.6 is 0 Å². The molecule has 0 unspecified atom stereocenters. The summed E-state index contributed by atoms with van der Waals surface area (Å²) in [6.45, 7) is 4.03. The van der Waals surface area contributed by atoms with E-state index in [4.69, 9.17) is 19.9 Å². The molecule has 0 radical (unpaired) electrons. The summed E-state index contributed by atoms with van der Waals surface area (Å²) in [5.41, 5.74) is 12.0. The van der Waals surface area contributed by atoms with Crippen LogP contribution in [0.25, 0.3) is 89.1 Å². The van der Waals surface area contributed by atoms with E-state index in [9.17, 15) is 0 Å². The fourth-order valence-electron chi connectivity index (χ4n) is 7.15. The molecule has 0 saturated heterocycles. The van der Waals surface area contributed by atoms with Crippen LogP contribution in [-0.2, 0) is 0 Å². The zero-order valence-corrected chi connectivity index (χ0v) is 29.0. The normalized spacial score (nSPS) is 11.3. The molecule has 0 saturated carbocycles. The first-order valence-corrected chi connectivity index (χ1v) is 17.6. The van der Waals surface area contributed by atoms with E-state index < -0.39 is 0 Å². The number of aryl methyl sites for hydroxylation is 2. The Bertz CT molecular complexity index is 2680. The third kappa shape index (κ3) is 6.01. The minimum absolute atomic E-state index is 0.669. The molecule has 246 valence electrons. The number of nitrogens with zero attached hydrogens (tertiary/aromatic N) is 4.